The van der Waals surface area contributed by atoms with E-state index in [4.69, 9.17) is 4.74 Å². The smallest absolute Gasteiger partial charge is 0.255 e. The highest BCUT2D eigenvalue weighted by Gasteiger charge is 2.34. The average molecular weight is 419 g/mol. The van der Waals surface area contributed by atoms with Crippen molar-refractivity contribution >= 4 is 35.0 Å². The number of rotatable bonds is 5. The molecule has 0 spiro atoms. The Kier molecular flexibility index (Phi) is 5.77. The van der Waals surface area contributed by atoms with Crippen molar-refractivity contribution in [2.24, 2.45) is 0 Å². The molecule has 3 aromatic rings. The van der Waals surface area contributed by atoms with Crippen LogP contribution in [0, 0.1) is 6.92 Å². The number of amides is 2. The number of methoxy groups -OCH3 is 1. The molecule has 6 heteroatoms. The standard InChI is InChI=1S/C24H22N2O3S/c1-16-9-11-17(12-10-16)23(28)25-19-6-3-5-18(13-19)24-26(22(27)15-30-24)20-7-4-8-21(14-20)29-2/h3-14,24H,15H2,1-2H3,(H,25,28). The number of hydrogen-bond donors (Lipinski definition) is 1. The number of anilines is 2. The number of nitrogens with one attached hydrogen (secondary N) is 1. The fraction of sp³-hybridized carbons (Fsp3) is 0.167. The van der Waals surface area contributed by atoms with E-state index in [0.29, 0.717) is 22.8 Å². The second-order valence-corrected chi connectivity index (χ2v) is 8.14. The van der Waals surface area contributed by atoms with E-state index in [-0.39, 0.29) is 17.2 Å². The van der Waals surface area contributed by atoms with Gasteiger partial charge in [-0.15, -0.1) is 11.8 Å². The molecule has 4 rings (SSSR count). The van der Waals surface area contributed by atoms with E-state index >= 15 is 0 Å². The van der Waals surface area contributed by atoms with Gasteiger partial charge in [0, 0.05) is 23.0 Å². The lowest BCUT2D eigenvalue weighted by molar-refractivity contribution is -0.115. The number of carbonyl (C=O) groups excluding carboxylic acids is 2. The van der Waals surface area contributed by atoms with Crippen molar-refractivity contribution in [3.05, 3.63) is 89.5 Å². The van der Waals surface area contributed by atoms with E-state index in [0.717, 1.165) is 16.8 Å². The third-order valence-electron chi connectivity index (χ3n) is 4.94. The van der Waals surface area contributed by atoms with Crippen molar-refractivity contribution in [2.45, 2.75) is 12.3 Å². The van der Waals surface area contributed by atoms with Crippen LogP contribution in [0.3, 0.4) is 0 Å². The molecule has 1 saturated heterocycles. The predicted octanol–water partition coefficient (Wildman–Crippen LogP) is 5.03. The van der Waals surface area contributed by atoms with Crippen LogP contribution in [0.2, 0.25) is 0 Å². The first-order valence-electron chi connectivity index (χ1n) is 9.61. The minimum absolute atomic E-state index is 0.0485. The van der Waals surface area contributed by atoms with E-state index in [1.807, 2.05) is 79.7 Å². The maximum Gasteiger partial charge on any atom is 0.255 e. The summed E-state index contributed by atoms with van der Waals surface area (Å²) in [7, 11) is 1.61. The summed E-state index contributed by atoms with van der Waals surface area (Å²) in [5.41, 5.74) is 4.16. The van der Waals surface area contributed by atoms with Crippen molar-refractivity contribution in [2.75, 3.05) is 23.1 Å². The molecule has 1 heterocycles. The molecule has 5 nitrogen and oxygen atoms in total. The second kappa shape index (κ2) is 8.63. The van der Waals surface area contributed by atoms with Gasteiger partial charge in [-0.05, 0) is 48.9 Å². The number of carbonyl (C=O) groups is 2. The minimum Gasteiger partial charge on any atom is -0.497 e. The monoisotopic (exact) mass is 418 g/mol. The van der Waals surface area contributed by atoms with Crippen LogP contribution in [0.15, 0.2) is 72.8 Å². The summed E-state index contributed by atoms with van der Waals surface area (Å²) in [4.78, 5) is 27.0. The summed E-state index contributed by atoms with van der Waals surface area (Å²) in [5, 5.41) is 2.79. The zero-order chi connectivity index (χ0) is 21.1. The molecule has 30 heavy (non-hydrogen) atoms. The maximum atomic E-state index is 12.6. The Balaban J connectivity index is 1.58. The Hall–Kier alpha value is -3.25. The van der Waals surface area contributed by atoms with E-state index < -0.39 is 0 Å². The van der Waals surface area contributed by atoms with Crippen molar-refractivity contribution < 1.29 is 14.3 Å². The van der Waals surface area contributed by atoms with Gasteiger partial charge in [-0.25, -0.2) is 0 Å². The first-order valence-corrected chi connectivity index (χ1v) is 10.7. The lowest BCUT2D eigenvalue weighted by Crippen LogP contribution is -2.27. The molecule has 1 unspecified atom stereocenters. The lowest BCUT2D eigenvalue weighted by Gasteiger charge is -2.25. The van der Waals surface area contributed by atoms with Gasteiger partial charge in [-0.1, -0.05) is 35.9 Å². The SMILES string of the molecule is COc1cccc(N2C(=O)CSC2c2cccc(NC(=O)c3ccc(C)cc3)c2)c1. The molecule has 1 atom stereocenters. The van der Waals surface area contributed by atoms with Crippen LogP contribution in [0.4, 0.5) is 11.4 Å². The fourth-order valence-electron chi connectivity index (χ4n) is 3.39. The third kappa shape index (κ3) is 4.19. The summed E-state index contributed by atoms with van der Waals surface area (Å²) in [6.45, 7) is 1.99. The lowest BCUT2D eigenvalue weighted by atomic mass is 10.1. The van der Waals surface area contributed by atoms with Gasteiger partial charge in [0.05, 0.1) is 12.9 Å². The second-order valence-electron chi connectivity index (χ2n) is 7.07. The van der Waals surface area contributed by atoms with Crippen LogP contribution in [-0.4, -0.2) is 24.7 Å². The summed E-state index contributed by atoms with van der Waals surface area (Å²) in [5.74, 6) is 0.997. The van der Waals surface area contributed by atoms with Crippen molar-refractivity contribution in [3.63, 3.8) is 0 Å². The van der Waals surface area contributed by atoms with E-state index in [2.05, 4.69) is 5.32 Å². The van der Waals surface area contributed by atoms with E-state index in [1.165, 1.54) is 0 Å². The molecule has 0 aliphatic carbocycles. The molecular formula is C24H22N2O3S. The molecule has 152 valence electrons. The molecular weight excluding hydrogens is 396 g/mol. The van der Waals surface area contributed by atoms with Gasteiger partial charge in [0.15, 0.2) is 0 Å². The van der Waals surface area contributed by atoms with Crippen LogP contribution in [0.1, 0.15) is 26.9 Å². The van der Waals surface area contributed by atoms with Crippen molar-refractivity contribution in [1.29, 1.82) is 0 Å². The third-order valence-corrected chi connectivity index (χ3v) is 6.16. The molecule has 1 aliphatic heterocycles. The number of ether oxygens (including phenoxy) is 1. The van der Waals surface area contributed by atoms with Gasteiger partial charge in [-0.2, -0.15) is 0 Å². The average Bonchev–Trinajstić information content (AvgIpc) is 3.16. The van der Waals surface area contributed by atoms with Crippen LogP contribution < -0.4 is 15.0 Å². The maximum absolute atomic E-state index is 12.6. The molecule has 1 aliphatic rings. The van der Waals surface area contributed by atoms with E-state index in [9.17, 15) is 9.59 Å². The highest BCUT2D eigenvalue weighted by molar-refractivity contribution is 8.00. The molecule has 0 saturated carbocycles. The van der Waals surface area contributed by atoms with Crippen LogP contribution in [0.25, 0.3) is 0 Å². The molecule has 3 aromatic carbocycles. The summed E-state index contributed by atoms with van der Waals surface area (Å²) >= 11 is 1.57. The first-order chi connectivity index (χ1) is 14.5. The number of aryl methyl sites for hydroxylation is 1. The van der Waals surface area contributed by atoms with Gasteiger partial charge in [-0.3, -0.25) is 14.5 Å². The minimum atomic E-state index is -0.166. The Morgan fingerprint density at radius 2 is 1.83 bits per heavy atom. The summed E-state index contributed by atoms with van der Waals surface area (Å²) in [6.07, 6.45) is 0. The van der Waals surface area contributed by atoms with Crippen LogP contribution in [-0.2, 0) is 4.79 Å². The van der Waals surface area contributed by atoms with Gasteiger partial charge >= 0.3 is 0 Å². The largest absolute Gasteiger partial charge is 0.497 e. The topological polar surface area (TPSA) is 58.6 Å². The number of nitrogens with zero attached hydrogens (tertiary/aromatic N) is 1. The summed E-state index contributed by atoms with van der Waals surface area (Å²) in [6, 6.07) is 22.6. The number of hydrogen-bond acceptors (Lipinski definition) is 4. The van der Waals surface area contributed by atoms with Gasteiger partial charge in [0.1, 0.15) is 11.1 Å². The highest BCUT2D eigenvalue weighted by Crippen LogP contribution is 2.42. The Morgan fingerprint density at radius 1 is 1.07 bits per heavy atom. The highest BCUT2D eigenvalue weighted by atomic mass is 32.2. The Labute approximate surface area is 180 Å². The molecule has 0 aromatic heterocycles. The van der Waals surface area contributed by atoms with Crippen LogP contribution >= 0.6 is 11.8 Å². The first kappa shape index (κ1) is 20.0. The van der Waals surface area contributed by atoms with Gasteiger partial charge in [0.2, 0.25) is 5.91 Å². The zero-order valence-electron chi connectivity index (χ0n) is 16.8. The Morgan fingerprint density at radius 3 is 2.60 bits per heavy atom. The quantitative estimate of drug-likeness (QED) is 0.631. The molecule has 0 radical (unpaired) electrons. The van der Waals surface area contributed by atoms with E-state index in [1.54, 1.807) is 23.8 Å². The number of benzene rings is 3. The van der Waals surface area contributed by atoms with Crippen molar-refractivity contribution in [3.8, 4) is 5.75 Å². The van der Waals surface area contributed by atoms with Crippen LogP contribution in [0.5, 0.6) is 5.75 Å². The molecule has 1 fully saturated rings. The van der Waals surface area contributed by atoms with Crippen molar-refractivity contribution in [1.82, 2.24) is 0 Å². The Bertz CT molecular complexity index is 1080. The van der Waals surface area contributed by atoms with Gasteiger partial charge < -0.3 is 10.1 Å². The summed E-state index contributed by atoms with van der Waals surface area (Å²) < 4.78 is 5.31. The predicted molar refractivity (Wildman–Crippen MR) is 121 cm³/mol. The fourth-order valence-corrected chi connectivity index (χ4v) is 4.56. The van der Waals surface area contributed by atoms with Gasteiger partial charge in [0.25, 0.3) is 5.91 Å². The normalized spacial score (nSPS) is 15.9. The molecule has 2 amide bonds. The zero-order valence-corrected chi connectivity index (χ0v) is 17.6. The number of thioether (sulfide) groups is 1. The molecule has 1 N–H and O–H groups in total. The molecule has 0 bridgehead atoms.